The van der Waals surface area contributed by atoms with Gasteiger partial charge in [0.2, 0.25) is 0 Å². The van der Waals surface area contributed by atoms with Crippen LogP contribution in [-0.2, 0) is 12.2 Å². The van der Waals surface area contributed by atoms with Crippen molar-refractivity contribution < 1.29 is 9.13 Å². The molecule has 1 unspecified atom stereocenters. The van der Waals surface area contributed by atoms with Gasteiger partial charge in [-0.15, -0.1) is 11.3 Å². The number of ether oxygens (including phenoxy) is 1. The SMILES string of the molecule is COc1ccc(C(NN)c2cc3c(s2)CCSC3)cc1F. The molecule has 1 aliphatic rings. The van der Waals surface area contributed by atoms with Gasteiger partial charge in [0.1, 0.15) is 0 Å². The second-order valence-corrected chi connectivity index (χ2v) is 7.17. The van der Waals surface area contributed by atoms with Crippen molar-refractivity contribution in [2.75, 3.05) is 12.9 Å². The van der Waals surface area contributed by atoms with E-state index in [2.05, 4.69) is 11.5 Å². The molecule has 1 aromatic heterocycles. The lowest BCUT2D eigenvalue weighted by Gasteiger charge is -2.15. The monoisotopic (exact) mass is 324 g/mol. The molecular formula is C15H17FN2OS2. The third-order valence-corrected chi connectivity index (χ3v) is 5.92. The van der Waals surface area contributed by atoms with Crippen molar-refractivity contribution >= 4 is 23.1 Å². The molecule has 3 rings (SSSR count). The number of aryl methyl sites for hydroxylation is 1. The van der Waals surface area contributed by atoms with Crippen LogP contribution in [0, 0.1) is 5.82 Å². The molecule has 6 heteroatoms. The molecule has 1 aromatic carbocycles. The molecule has 0 aliphatic carbocycles. The summed E-state index contributed by atoms with van der Waals surface area (Å²) in [5.41, 5.74) is 5.00. The molecule has 112 valence electrons. The Bertz CT molecular complexity index is 621. The number of fused-ring (bicyclic) bond motifs is 1. The summed E-state index contributed by atoms with van der Waals surface area (Å²) >= 11 is 3.72. The number of benzene rings is 1. The van der Waals surface area contributed by atoms with Gasteiger partial charge in [-0.2, -0.15) is 11.8 Å². The molecule has 0 saturated carbocycles. The summed E-state index contributed by atoms with van der Waals surface area (Å²) in [6.45, 7) is 0. The van der Waals surface area contributed by atoms with Crippen molar-refractivity contribution in [1.82, 2.24) is 5.43 Å². The van der Waals surface area contributed by atoms with Crippen molar-refractivity contribution in [3.63, 3.8) is 0 Å². The third-order valence-electron chi connectivity index (χ3n) is 3.61. The molecule has 2 heterocycles. The molecule has 1 atom stereocenters. The van der Waals surface area contributed by atoms with Gasteiger partial charge in [0.05, 0.1) is 13.2 Å². The summed E-state index contributed by atoms with van der Waals surface area (Å²) in [6.07, 6.45) is 1.11. The Kier molecular flexibility index (Phi) is 4.49. The Morgan fingerprint density at radius 2 is 2.24 bits per heavy atom. The van der Waals surface area contributed by atoms with E-state index in [1.54, 1.807) is 17.4 Å². The zero-order valence-corrected chi connectivity index (χ0v) is 13.3. The van der Waals surface area contributed by atoms with Crippen molar-refractivity contribution in [1.29, 1.82) is 0 Å². The smallest absolute Gasteiger partial charge is 0.165 e. The molecule has 0 fully saturated rings. The molecule has 0 bridgehead atoms. The number of thiophene rings is 1. The fourth-order valence-electron chi connectivity index (χ4n) is 2.52. The first kappa shape index (κ1) is 14.8. The Morgan fingerprint density at radius 1 is 1.38 bits per heavy atom. The van der Waals surface area contributed by atoms with E-state index in [0.717, 1.165) is 22.6 Å². The van der Waals surface area contributed by atoms with E-state index in [1.807, 2.05) is 17.8 Å². The summed E-state index contributed by atoms with van der Waals surface area (Å²) in [4.78, 5) is 2.56. The minimum atomic E-state index is -0.368. The van der Waals surface area contributed by atoms with E-state index in [0.29, 0.717) is 0 Å². The largest absolute Gasteiger partial charge is 0.494 e. The molecular weight excluding hydrogens is 307 g/mol. The van der Waals surface area contributed by atoms with Gasteiger partial charge >= 0.3 is 0 Å². The first-order chi connectivity index (χ1) is 10.2. The van der Waals surface area contributed by atoms with Gasteiger partial charge in [0, 0.05) is 15.5 Å². The van der Waals surface area contributed by atoms with E-state index in [1.165, 1.54) is 29.4 Å². The highest BCUT2D eigenvalue weighted by Gasteiger charge is 2.21. The van der Waals surface area contributed by atoms with Crippen LogP contribution in [0.1, 0.15) is 26.9 Å². The lowest BCUT2D eigenvalue weighted by atomic mass is 10.0. The molecule has 0 amide bonds. The number of nitrogens with one attached hydrogen (secondary N) is 1. The van der Waals surface area contributed by atoms with Gasteiger partial charge in [0.15, 0.2) is 11.6 Å². The number of methoxy groups -OCH3 is 1. The Morgan fingerprint density at radius 3 is 2.90 bits per heavy atom. The van der Waals surface area contributed by atoms with Gasteiger partial charge in [-0.1, -0.05) is 6.07 Å². The maximum atomic E-state index is 13.9. The van der Waals surface area contributed by atoms with Crippen LogP contribution in [0.15, 0.2) is 24.3 Å². The highest BCUT2D eigenvalue weighted by Crippen LogP contribution is 2.36. The lowest BCUT2D eigenvalue weighted by molar-refractivity contribution is 0.386. The van der Waals surface area contributed by atoms with Gasteiger partial charge in [0.25, 0.3) is 0 Å². The molecule has 3 nitrogen and oxygen atoms in total. The van der Waals surface area contributed by atoms with Crippen LogP contribution >= 0.6 is 23.1 Å². The molecule has 1 aliphatic heterocycles. The molecule has 2 aromatic rings. The van der Waals surface area contributed by atoms with Gasteiger partial charge < -0.3 is 4.74 Å². The first-order valence-electron chi connectivity index (χ1n) is 6.71. The summed E-state index contributed by atoms with van der Waals surface area (Å²) < 4.78 is 18.9. The summed E-state index contributed by atoms with van der Waals surface area (Å²) in [5, 5.41) is 0. The predicted molar refractivity (Wildman–Crippen MR) is 86.3 cm³/mol. The average Bonchev–Trinajstić information content (AvgIpc) is 2.91. The summed E-state index contributed by atoms with van der Waals surface area (Å²) in [5.74, 6) is 7.82. The zero-order valence-electron chi connectivity index (χ0n) is 11.7. The second kappa shape index (κ2) is 6.36. The van der Waals surface area contributed by atoms with Crippen LogP contribution in [0.5, 0.6) is 5.75 Å². The number of halogens is 1. The van der Waals surface area contributed by atoms with Crippen LogP contribution in [0.3, 0.4) is 0 Å². The number of rotatable bonds is 4. The fraction of sp³-hybridized carbons (Fsp3) is 0.333. The number of hydrogen-bond acceptors (Lipinski definition) is 5. The molecule has 21 heavy (non-hydrogen) atoms. The van der Waals surface area contributed by atoms with Crippen molar-refractivity contribution in [3.05, 3.63) is 51.0 Å². The minimum absolute atomic E-state index is 0.189. The summed E-state index contributed by atoms with van der Waals surface area (Å²) in [6, 6.07) is 6.97. The van der Waals surface area contributed by atoms with Gasteiger partial charge in [-0.25, -0.2) is 9.82 Å². The van der Waals surface area contributed by atoms with Crippen molar-refractivity contribution in [2.45, 2.75) is 18.2 Å². The standard InChI is InChI=1S/C15H17FN2OS2/c1-19-12-3-2-9(6-11(12)16)15(18-17)14-7-10-8-20-5-4-13(10)21-14/h2-3,6-7,15,18H,4-5,8,17H2,1H3. The van der Waals surface area contributed by atoms with Crippen molar-refractivity contribution in [2.24, 2.45) is 5.84 Å². The van der Waals surface area contributed by atoms with E-state index in [4.69, 9.17) is 10.6 Å². The molecule has 0 radical (unpaired) electrons. The first-order valence-corrected chi connectivity index (χ1v) is 8.69. The van der Waals surface area contributed by atoms with Crippen LogP contribution in [0.4, 0.5) is 4.39 Å². The Hall–Kier alpha value is -1.08. The minimum Gasteiger partial charge on any atom is -0.494 e. The maximum Gasteiger partial charge on any atom is 0.165 e. The second-order valence-electron chi connectivity index (χ2n) is 4.89. The van der Waals surface area contributed by atoms with E-state index < -0.39 is 0 Å². The maximum absolute atomic E-state index is 13.9. The van der Waals surface area contributed by atoms with Crippen LogP contribution in [-0.4, -0.2) is 12.9 Å². The highest BCUT2D eigenvalue weighted by atomic mass is 32.2. The third kappa shape index (κ3) is 2.94. The number of nitrogens with two attached hydrogens (primary N) is 1. The van der Waals surface area contributed by atoms with Crippen LogP contribution < -0.4 is 16.0 Å². The van der Waals surface area contributed by atoms with Crippen LogP contribution in [0.2, 0.25) is 0 Å². The number of hydrazine groups is 1. The fourth-order valence-corrected chi connectivity index (χ4v) is 4.98. The van der Waals surface area contributed by atoms with E-state index >= 15 is 0 Å². The average molecular weight is 324 g/mol. The normalized spacial score (nSPS) is 15.6. The van der Waals surface area contributed by atoms with E-state index in [9.17, 15) is 4.39 Å². The van der Waals surface area contributed by atoms with Crippen LogP contribution in [0.25, 0.3) is 0 Å². The van der Waals surface area contributed by atoms with E-state index in [-0.39, 0.29) is 17.6 Å². The highest BCUT2D eigenvalue weighted by molar-refractivity contribution is 7.98. The quantitative estimate of drug-likeness (QED) is 0.669. The molecule has 0 spiro atoms. The van der Waals surface area contributed by atoms with Gasteiger partial charge in [-0.05, 0) is 41.5 Å². The predicted octanol–water partition coefficient (Wildman–Crippen LogP) is 3.24. The Balaban J connectivity index is 1.94. The topological polar surface area (TPSA) is 47.3 Å². The number of hydrogen-bond donors (Lipinski definition) is 2. The molecule has 0 saturated heterocycles. The Labute approximate surface area is 131 Å². The molecule has 3 N–H and O–H groups in total. The van der Waals surface area contributed by atoms with Gasteiger partial charge in [-0.3, -0.25) is 5.84 Å². The summed E-state index contributed by atoms with van der Waals surface area (Å²) in [7, 11) is 1.46. The lowest BCUT2D eigenvalue weighted by Crippen LogP contribution is -2.28. The number of thioether (sulfide) groups is 1. The zero-order chi connectivity index (χ0) is 14.8. The van der Waals surface area contributed by atoms with Crippen molar-refractivity contribution in [3.8, 4) is 5.75 Å².